The lowest BCUT2D eigenvalue weighted by atomic mass is 10.1. The number of carboxylic acids is 1. The first-order chi connectivity index (χ1) is 25.1. The normalized spacial score (nSPS) is 12.7. The van der Waals surface area contributed by atoms with Crippen molar-refractivity contribution >= 4 is 35.0 Å². The van der Waals surface area contributed by atoms with Gasteiger partial charge in [-0.15, -0.1) is 0 Å². The summed E-state index contributed by atoms with van der Waals surface area (Å²) in [7, 11) is 5.00. The van der Waals surface area contributed by atoms with Gasteiger partial charge >= 0.3 is 17.9 Å². The summed E-state index contributed by atoms with van der Waals surface area (Å²) in [6.45, 7) is 11.0. The van der Waals surface area contributed by atoms with E-state index in [1.165, 1.54) is 24.3 Å². The topological polar surface area (TPSA) is 238 Å². The van der Waals surface area contributed by atoms with Crippen LogP contribution in [0.15, 0.2) is 72.8 Å². The maximum Gasteiger partial charge on any atom is 0.323 e. The zero-order valence-corrected chi connectivity index (χ0v) is 32.4. The molecule has 0 aliphatic heterocycles. The third kappa shape index (κ3) is 18.3. The highest BCUT2D eigenvalue weighted by Crippen LogP contribution is 2.16. The number of esters is 2. The second-order valence-corrected chi connectivity index (χ2v) is 14.1. The van der Waals surface area contributed by atoms with Gasteiger partial charge in [-0.1, -0.05) is 36.4 Å². The second-order valence-electron chi connectivity index (χ2n) is 14.1. The highest BCUT2D eigenvalue weighted by Gasteiger charge is 2.25. The highest BCUT2D eigenvalue weighted by molar-refractivity contribution is 5.77. The van der Waals surface area contributed by atoms with Crippen LogP contribution >= 0.6 is 0 Å². The van der Waals surface area contributed by atoms with Gasteiger partial charge in [-0.05, 0) is 111 Å². The molecule has 0 aliphatic carbocycles. The first-order valence-corrected chi connectivity index (χ1v) is 17.1. The molecule has 0 radical (unpaired) electrons. The number of carbonyl (C=O) groups excluding carboxylic acids is 2. The molecule has 3 atom stereocenters. The average molecular weight is 755 g/mol. The molecule has 0 fully saturated rings. The number of nitro benzene ring substituents is 2. The van der Waals surface area contributed by atoms with E-state index in [4.69, 9.17) is 20.3 Å². The Bertz CT molecular complexity index is 1650. The van der Waals surface area contributed by atoms with E-state index < -0.39 is 39.1 Å². The number of rotatable bonds is 14. The molecule has 296 valence electrons. The smallest absolute Gasteiger partial charge is 0.323 e. The van der Waals surface area contributed by atoms with Crippen molar-refractivity contribution in [2.45, 2.75) is 90.1 Å². The van der Waals surface area contributed by atoms with Gasteiger partial charge in [0.2, 0.25) is 0 Å². The minimum atomic E-state index is -0.944. The Kier molecular flexibility index (Phi) is 18.9. The van der Waals surface area contributed by atoms with Crippen LogP contribution in [0.1, 0.15) is 58.2 Å². The average Bonchev–Trinajstić information content (AvgIpc) is 3.08. The van der Waals surface area contributed by atoms with E-state index in [2.05, 4.69) is 16.0 Å². The first-order valence-electron chi connectivity index (χ1n) is 17.1. The largest absolute Gasteiger partial charge is 0.480 e. The molecule has 0 aromatic heterocycles. The maximum absolute atomic E-state index is 12.0. The number of nitrogens with one attached hydrogen (secondary N) is 3. The number of nitrogen functional groups attached to an aromatic ring is 1. The third-order valence-corrected chi connectivity index (χ3v) is 7.32. The summed E-state index contributed by atoms with van der Waals surface area (Å²) in [6.07, 6.45) is 1.30. The van der Waals surface area contributed by atoms with Gasteiger partial charge in [-0.3, -0.25) is 34.6 Å². The molecule has 0 spiro atoms. The zero-order chi connectivity index (χ0) is 41.2. The standard InChI is InChI=1S/C14H20N2O4.C14H22N2O2.C10H12N2O4/c1-14(2,3)20-13(17)12(15-4)9-10-5-7-11(8-6-10)16(18)19;1-14(2,3)18-13(17)12(16-4)9-10-5-7-11(15)8-6-10;1-11-9(10(13)14)6-7-2-4-8(5-3-7)12(15)16/h5-8,12,15H,9H2,1-4H3;5-8,12,16H,9,15H2,1-4H3;2-5,9,11H,6H2,1H3,(H,13,14)/t2*12-;9-/m000/s1. The number of carboxylic acid groups (broad SMARTS) is 1. The van der Waals surface area contributed by atoms with Crippen molar-refractivity contribution < 1.29 is 38.8 Å². The summed E-state index contributed by atoms with van der Waals surface area (Å²) in [4.78, 5) is 54.7. The fourth-order valence-electron chi connectivity index (χ4n) is 4.53. The molecule has 16 nitrogen and oxygen atoms in total. The third-order valence-electron chi connectivity index (χ3n) is 7.32. The Morgan fingerprint density at radius 3 is 1.13 bits per heavy atom. The van der Waals surface area contributed by atoms with Crippen LogP contribution in [0.4, 0.5) is 17.1 Å². The number of ether oxygens (including phenoxy) is 2. The Hall–Kier alpha value is -5.45. The molecule has 0 amide bonds. The van der Waals surface area contributed by atoms with Gasteiger partial charge in [0, 0.05) is 30.0 Å². The van der Waals surface area contributed by atoms with Crippen molar-refractivity contribution in [3.63, 3.8) is 0 Å². The molecule has 0 bridgehead atoms. The molecule has 16 heteroatoms. The van der Waals surface area contributed by atoms with Gasteiger partial charge in [0.05, 0.1) is 9.85 Å². The fourth-order valence-corrected chi connectivity index (χ4v) is 4.53. The monoisotopic (exact) mass is 754 g/mol. The van der Waals surface area contributed by atoms with Gasteiger partial charge in [0.1, 0.15) is 29.3 Å². The van der Waals surface area contributed by atoms with Crippen LogP contribution in [-0.2, 0) is 43.1 Å². The van der Waals surface area contributed by atoms with E-state index in [-0.39, 0.29) is 29.4 Å². The van der Waals surface area contributed by atoms with Crippen LogP contribution < -0.4 is 21.7 Å². The number of nitrogens with two attached hydrogens (primary N) is 1. The molecule has 3 aromatic rings. The van der Waals surface area contributed by atoms with Crippen molar-refractivity contribution in [1.82, 2.24) is 16.0 Å². The van der Waals surface area contributed by atoms with Crippen LogP contribution in [-0.4, -0.2) is 83.3 Å². The molecule has 3 rings (SSSR count). The molecule has 0 saturated heterocycles. The van der Waals surface area contributed by atoms with E-state index in [9.17, 15) is 34.6 Å². The molecule has 0 saturated carbocycles. The number of nitrogens with zero attached hydrogens (tertiary/aromatic N) is 2. The number of likely N-dealkylation sites (N-methyl/N-ethyl adjacent to an activating group) is 3. The lowest BCUT2D eigenvalue weighted by Crippen LogP contribution is -2.41. The molecule has 6 N–H and O–H groups in total. The van der Waals surface area contributed by atoms with Gasteiger partial charge in [0.15, 0.2) is 0 Å². The second kappa shape index (κ2) is 21.9. The van der Waals surface area contributed by atoms with E-state index in [0.29, 0.717) is 19.3 Å². The minimum absolute atomic E-state index is 0.0000765. The molecule has 0 aliphatic rings. The Balaban J connectivity index is 0.000000408. The van der Waals surface area contributed by atoms with Crippen molar-refractivity contribution in [1.29, 1.82) is 0 Å². The summed E-state index contributed by atoms with van der Waals surface area (Å²) < 4.78 is 10.7. The molecule has 54 heavy (non-hydrogen) atoms. The zero-order valence-electron chi connectivity index (χ0n) is 32.4. The number of hydrogen-bond acceptors (Lipinski definition) is 13. The number of non-ortho nitro benzene ring substituents is 2. The van der Waals surface area contributed by atoms with E-state index in [1.54, 1.807) is 45.4 Å². The summed E-state index contributed by atoms with van der Waals surface area (Å²) in [5.41, 5.74) is 8.00. The van der Waals surface area contributed by atoms with Crippen LogP contribution in [0.25, 0.3) is 0 Å². The number of anilines is 1. The molecule has 0 heterocycles. The van der Waals surface area contributed by atoms with Crippen molar-refractivity contribution in [3.8, 4) is 0 Å². The maximum atomic E-state index is 12.0. The summed E-state index contributed by atoms with van der Waals surface area (Å²) >= 11 is 0. The number of hydrogen-bond donors (Lipinski definition) is 5. The highest BCUT2D eigenvalue weighted by atomic mass is 16.6. The SMILES string of the molecule is CN[C@@H](Cc1ccc(N)cc1)C(=O)OC(C)(C)C.CN[C@@H](Cc1ccc([N+](=O)[O-])cc1)C(=O)O.CN[C@@H](Cc1ccc([N+](=O)[O-])cc1)C(=O)OC(C)(C)C. The lowest BCUT2D eigenvalue weighted by Gasteiger charge is -2.23. The van der Waals surface area contributed by atoms with E-state index >= 15 is 0 Å². The van der Waals surface area contributed by atoms with Gasteiger partial charge < -0.3 is 36.3 Å². The number of carbonyl (C=O) groups is 3. The fraction of sp³-hybridized carbons (Fsp3) is 0.447. The predicted octanol–water partition coefficient (Wildman–Crippen LogP) is 4.62. The van der Waals surface area contributed by atoms with Crippen molar-refractivity contribution in [2.75, 3.05) is 26.9 Å². The summed E-state index contributed by atoms with van der Waals surface area (Å²) in [5, 5.41) is 38.3. The van der Waals surface area contributed by atoms with Crippen LogP contribution in [0, 0.1) is 20.2 Å². The quantitative estimate of drug-likeness (QED) is 0.0654. The number of benzene rings is 3. The van der Waals surface area contributed by atoms with E-state index in [0.717, 1.165) is 22.4 Å². The Morgan fingerprint density at radius 2 is 0.889 bits per heavy atom. The molecular weight excluding hydrogens is 700 g/mol. The van der Waals surface area contributed by atoms with Crippen LogP contribution in [0.5, 0.6) is 0 Å². The lowest BCUT2D eigenvalue weighted by molar-refractivity contribution is -0.385. The molecule has 0 unspecified atom stereocenters. The van der Waals surface area contributed by atoms with Crippen molar-refractivity contribution in [2.24, 2.45) is 0 Å². The van der Waals surface area contributed by atoms with E-state index in [1.807, 2.05) is 65.8 Å². The summed E-state index contributed by atoms with van der Waals surface area (Å²) in [6, 6.07) is 18.0. The van der Waals surface area contributed by atoms with Crippen molar-refractivity contribution in [3.05, 3.63) is 110 Å². The number of aliphatic carboxylic acids is 1. The minimum Gasteiger partial charge on any atom is -0.480 e. The Morgan fingerprint density at radius 1 is 0.611 bits per heavy atom. The van der Waals surface area contributed by atoms with Gasteiger partial charge in [-0.2, -0.15) is 0 Å². The predicted molar refractivity (Wildman–Crippen MR) is 206 cm³/mol. The Labute approximate surface area is 316 Å². The van der Waals surface area contributed by atoms with Crippen LogP contribution in [0.2, 0.25) is 0 Å². The number of nitro groups is 2. The van der Waals surface area contributed by atoms with Gasteiger partial charge in [-0.25, -0.2) is 0 Å². The molecular formula is C38H54N6O10. The summed E-state index contributed by atoms with van der Waals surface area (Å²) in [5.74, 6) is -1.51. The van der Waals surface area contributed by atoms with Gasteiger partial charge in [0.25, 0.3) is 11.4 Å². The van der Waals surface area contributed by atoms with Crippen LogP contribution in [0.3, 0.4) is 0 Å². The first kappa shape index (κ1) is 46.6. The molecule has 3 aromatic carbocycles.